The van der Waals surface area contributed by atoms with Crippen molar-refractivity contribution < 1.29 is 4.74 Å². The van der Waals surface area contributed by atoms with Crippen molar-refractivity contribution in [3.63, 3.8) is 0 Å². The Bertz CT molecular complexity index is 882. The predicted octanol–water partition coefficient (Wildman–Crippen LogP) is 3.75. The highest BCUT2D eigenvalue weighted by Gasteiger charge is 2.20. The van der Waals surface area contributed by atoms with Crippen LogP contribution in [0.5, 0.6) is 5.75 Å². The molecule has 2 heterocycles. The summed E-state index contributed by atoms with van der Waals surface area (Å²) in [5.41, 5.74) is 4.40. The van der Waals surface area contributed by atoms with Gasteiger partial charge in [0.25, 0.3) is 5.56 Å². The molecule has 0 spiro atoms. The van der Waals surface area contributed by atoms with Gasteiger partial charge in [0.05, 0.1) is 18.3 Å². The van der Waals surface area contributed by atoms with E-state index in [-0.39, 0.29) is 11.6 Å². The summed E-state index contributed by atoms with van der Waals surface area (Å²) in [4.78, 5) is 12.2. The minimum atomic E-state index is -0.00896. The third-order valence-electron chi connectivity index (χ3n) is 5.94. The van der Waals surface area contributed by atoms with Crippen molar-refractivity contribution in [2.24, 2.45) is 5.92 Å². The summed E-state index contributed by atoms with van der Waals surface area (Å²) in [6.07, 6.45) is 6.79. The van der Waals surface area contributed by atoms with Crippen molar-refractivity contribution in [3.05, 3.63) is 45.7 Å². The van der Waals surface area contributed by atoms with E-state index in [9.17, 15) is 4.79 Å². The molecule has 5 heteroatoms. The number of nitrogens with zero attached hydrogens (tertiary/aromatic N) is 2. The van der Waals surface area contributed by atoms with Crippen molar-refractivity contribution in [1.29, 1.82) is 0 Å². The van der Waals surface area contributed by atoms with E-state index >= 15 is 0 Å². The molecule has 0 saturated carbocycles. The maximum absolute atomic E-state index is 12.2. The molecule has 1 saturated heterocycles. The van der Waals surface area contributed by atoms with Crippen LogP contribution in [-0.2, 0) is 12.8 Å². The number of aryl methyl sites for hydroxylation is 2. The second kappa shape index (κ2) is 8.48. The van der Waals surface area contributed by atoms with Crippen LogP contribution in [0.2, 0.25) is 0 Å². The van der Waals surface area contributed by atoms with E-state index < -0.39 is 0 Å². The predicted molar refractivity (Wildman–Crippen MR) is 112 cm³/mol. The van der Waals surface area contributed by atoms with Crippen molar-refractivity contribution >= 4 is 0 Å². The van der Waals surface area contributed by atoms with Gasteiger partial charge in [-0.05, 0) is 101 Å². The van der Waals surface area contributed by atoms with Gasteiger partial charge in [0.15, 0.2) is 0 Å². The Labute approximate surface area is 167 Å². The summed E-state index contributed by atoms with van der Waals surface area (Å²) in [7, 11) is 0. The molecule has 1 aromatic heterocycles. The first-order valence-corrected chi connectivity index (χ1v) is 10.7. The lowest BCUT2D eigenvalue weighted by Gasteiger charge is -2.23. The molecular formula is C23H31N3O2. The minimum absolute atomic E-state index is 0.00896. The second-order valence-electron chi connectivity index (χ2n) is 8.42. The molecule has 1 unspecified atom stereocenters. The van der Waals surface area contributed by atoms with E-state index in [2.05, 4.69) is 22.5 Å². The molecule has 0 radical (unpaired) electrons. The molecule has 4 rings (SSSR count). The summed E-state index contributed by atoms with van der Waals surface area (Å²) in [6.45, 7) is 7.09. The van der Waals surface area contributed by atoms with Crippen LogP contribution in [0.4, 0.5) is 0 Å². The summed E-state index contributed by atoms with van der Waals surface area (Å²) in [6, 6.07) is 8.13. The summed E-state index contributed by atoms with van der Waals surface area (Å²) in [5.74, 6) is 1.75. The van der Waals surface area contributed by atoms with Gasteiger partial charge in [0.2, 0.25) is 0 Å². The molecule has 1 atom stereocenters. The highest BCUT2D eigenvalue weighted by molar-refractivity contribution is 5.70. The van der Waals surface area contributed by atoms with Crippen LogP contribution in [-0.4, -0.2) is 29.5 Å². The zero-order chi connectivity index (χ0) is 19.5. The normalized spacial score (nSPS) is 18.6. The zero-order valence-corrected chi connectivity index (χ0v) is 17.0. The summed E-state index contributed by atoms with van der Waals surface area (Å²) in [5, 5.41) is 8.15. The molecule has 1 fully saturated rings. The third kappa shape index (κ3) is 4.14. The fraction of sp³-hybridized carbons (Fsp3) is 0.565. The van der Waals surface area contributed by atoms with Gasteiger partial charge in [-0.3, -0.25) is 4.79 Å². The van der Waals surface area contributed by atoms with Crippen molar-refractivity contribution in [2.45, 2.75) is 58.4 Å². The molecule has 150 valence electrons. The molecule has 1 aliphatic carbocycles. The topological polar surface area (TPSA) is 56.2 Å². The number of rotatable bonds is 6. The van der Waals surface area contributed by atoms with E-state index in [1.54, 1.807) is 10.7 Å². The average molecular weight is 382 g/mol. The lowest BCUT2D eigenvalue weighted by molar-refractivity contribution is 0.275. The van der Waals surface area contributed by atoms with E-state index in [0.29, 0.717) is 0 Å². The van der Waals surface area contributed by atoms with Gasteiger partial charge < -0.3 is 10.1 Å². The zero-order valence-electron chi connectivity index (χ0n) is 17.0. The third-order valence-corrected chi connectivity index (χ3v) is 5.94. The number of ether oxygens (including phenoxy) is 1. The van der Waals surface area contributed by atoms with Crippen LogP contribution in [0.15, 0.2) is 29.1 Å². The molecular weight excluding hydrogens is 350 g/mol. The fourth-order valence-electron chi connectivity index (χ4n) is 4.39. The van der Waals surface area contributed by atoms with Crippen LogP contribution in [0.1, 0.15) is 56.7 Å². The second-order valence-corrected chi connectivity index (χ2v) is 8.42. The molecule has 5 nitrogen and oxygen atoms in total. The Morgan fingerprint density at radius 2 is 2.11 bits per heavy atom. The van der Waals surface area contributed by atoms with Crippen LogP contribution in [0, 0.1) is 5.92 Å². The van der Waals surface area contributed by atoms with Gasteiger partial charge in [-0.2, -0.15) is 5.10 Å². The van der Waals surface area contributed by atoms with Gasteiger partial charge in [-0.15, -0.1) is 0 Å². The fourth-order valence-corrected chi connectivity index (χ4v) is 4.39. The first kappa shape index (κ1) is 19.2. The Balaban J connectivity index is 1.43. The van der Waals surface area contributed by atoms with Crippen LogP contribution >= 0.6 is 0 Å². The Kier molecular flexibility index (Phi) is 5.81. The van der Waals surface area contributed by atoms with Crippen LogP contribution in [0.25, 0.3) is 11.3 Å². The van der Waals surface area contributed by atoms with Gasteiger partial charge in [-0.25, -0.2) is 4.68 Å². The van der Waals surface area contributed by atoms with Gasteiger partial charge in [-0.1, -0.05) is 0 Å². The Hall–Kier alpha value is -2.14. The number of aromatic nitrogens is 2. The molecule has 1 aliphatic heterocycles. The number of hydrogen-bond acceptors (Lipinski definition) is 4. The number of piperidine rings is 1. The van der Waals surface area contributed by atoms with Crippen molar-refractivity contribution in [1.82, 2.24) is 15.1 Å². The number of nitrogens with one attached hydrogen (secondary N) is 1. The summed E-state index contributed by atoms with van der Waals surface area (Å²) < 4.78 is 7.62. The molecule has 0 bridgehead atoms. The standard InChI is InChI=1S/C23H31N3O2/c1-16(2)26-22(27)14-19-8-7-18-13-20(9-10-21(18)23(19)25-26)28-12-4-6-17-5-3-11-24-15-17/h9-10,13-14,16-17,24H,3-8,11-12,15H2,1-2H3. The van der Waals surface area contributed by atoms with Crippen molar-refractivity contribution in [2.75, 3.05) is 19.7 Å². The Morgan fingerprint density at radius 1 is 1.25 bits per heavy atom. The van der Waals surface area contributed by atoms with E-state index in [1.807, 2.05) is 19.9 Å². The SMILES string of the molecule is CC(C)n1nc2c(cc1=O)CCc1cc(OCCCC3CCCNC3)ccc1-2. The van der Waals surface area contributed by atoms with E-state index in [0.717, 1.165) is 60.9 Å². The summed E-state index contributed by atoms with van der Waals surface area (Å²) >= 11 is 0. The quantitative estimate of drug-likeness (QED) is 0.775. The molecule has 0 amide bonds. The molecule has 1 N–H and O–H groups in total. The van der Waals surface area contributed by atoms with Crippen molar-refractivity contribution in [3.8, 4) is 17.0 Å². The molecule has 1 aromatic carbocycles. The van der Waals surface area contributed by atoms with Gasteiger partial charge >= 0.3 is 0 Å². The first-order valence-electron chi connectivity index (χ1n) is 10.7. The first-order chi connectivity index (χ1) is 13.6. The number of fused-ring (bicyclic) bond motifs is 3. The van der Waals surface area contributed by atoms with E-state index in [4.69, 9.17) is 4.74 Å². The molecule has 2 aromatic rings. The van der Waals surface area contributed by atoms with Crippen LogP contribution in [0.3, 0.4) is 0 Å². The largest absolute Gasteiger partial charge is 0.494 e. The maximum atomic E-state index is 12.2. The monoisotopic (exact) mass is 381 g/mol. The smallest absolute Gasteiger partial charge is 0.267 e. The maximum Gasteiger partial charge on any atom is 0.267 e. The van der Waals surface area contributed by atoms with Gasteiger partial charge in [0.1, 0.15) is 5.75 Å². The van der Waals surface area contributed by atoms with Crippen LogP contribution < -0.4 is 15.6 Å². The average Bonchev–Trinajstić information content (AvgIpc) is 2.71. The number of benzene rings is 1. The lowest BCUT2D eigenvalue weighted by Crippen LogP contribution is -2.29. The van der Waals surface area contributed by atoms with E-state index in [1.165, 1.54) is 31.4 Å². The minimum Gasteiger partial charge on any atom is -0.494 e. The highest BCUT2D eigenvalue weighted by atomic mass is 16.5. The lowest BCUT2D eigenvalue weighted by atomic mass is 9.89. The molecule has 2 aliphatic rings. The Morgan fingerprint density at radius 3 is 2.89 bits per heavy atom. The molecule has 28 heavy (non-hydrogen) atoms. The number of hydrogen-bond donors (Lipinski definition) is 1. The van der Waals surface area contributed by atoms with Gasteiger partial charge in [0, 0.05) is 11.6 Å². The highest BCUT2D eigenvalue weighted by Crippen LogP contribution is 2.33.